The Morgan fingerprint density at radius 2 is 2.07 bits per heavy atom. The summed E-state index contributed by atoms with van der Waals surface area (Å²) < 4.78 is 7.25. The van der Waals surface area contributed by atoms with Crippen molar-refractivity contribution >= 4 is 28.6 Å². The SMILES string of the molecule is CCCCCC(=O)NC1=NN(C)c2ncnc3c2c1cn3[C@@H]1O[C@H](CO)[C@@H](O)[C@H]1O. The molecule has 4 rings (SSSR count). The molecule has 2 aliphatic heterocycles. The fraction of sp³-hybridized carbons (Fsp3) is 0.579. The first kappa shape index (κ1) is 20.7. The zero-order chi connectivity index (χ0) is 21.4. The normalized spacial score (nSPS) is 25.6. The van der Waals surface area contributed by atoms with E-state index in [4.69, 9.17) is 4.74 Å². The second kappa shape index (κ2) is 8.26. The summed E-state index contributed by atoms with van der Waals surface area (Å²) in [5.74, 6) is 0.769. The van der Waals surface area contributed by atoms with E-state index in [9.17, 15) is 20.1 Å². The zero-order valence-electron chi connectivity index (χ0n) is 16.9. The van der Waals surface area contributed by atoms with Gasteiger partial charge >= 0.3 is 0 Å². The fourth-order valence-corrected chi connectivity index (χ4v) is 3.87. The van der Waals surface area contributed by atoms with Crippen LogP contribution in [0.2, 0.25) is 0 Å². The van der Waals surface area contributed by atoms with Gasteiger partial charge in [0.2, 0.25) is 5.91 Å². The molecule has 30 heavy (non-hydrogen) atoms. The van der Waals surface area contributed by atoms with E-state index in [1.165, 1.54) is 6.33 Å². The zero-order valence-corrected chi connectivity index (χ0v) is 16.9. The molecule has 1 saturated heterocycles. The van der Waals surface area contributed by atoms with Crippen molar-refractivity contribution in [2.45, 2.75) is 57.1 Å². The number of aliphatic hydroxyl groups is 3. The number of carbonyl (C=O) groups is 1. The number of hydrazone groups is 1. The van der Waals surface area contributed by atoms with E-state index in [-0.39, 0.29) is 5.91 Å². The summed E-state index contributed by atoms with van der Waals surface area (Å²) in [7, 11) is 1.72. The van der Waals surface area contributed by atoms with Gasteiger partial charge in [-0.15, -0.1) is 0 Å². The van der Waals surface area contributed by atoms with Crippen LogP contribution in [0.1, 0.15) is 44.4 Å². The lowest BCUT2D eigenvalue weighted by atomic mass is 10.1. The molecule has 1 amide bonds. The minimum absolute atomic E-state index is 0.135. The van der Waals surface area contributed by atoms with Crippen molar-refractivity contribution in [2.24, 2.45) is 5.10 Å². The Labute approximate surface area is 173 Å². The molecule has 0 spiro atoms. The van der Waals surface area contributed by atoms with Gasteiger partial charge in [-0.3, -0.25) is 4.79 Å². The highest BCUT2D eigenvalue weighted by atomic mass is 16.6. The number of anilines is 1. The molecule has 162 valence electrons. The maximum atomic E-state index is 12.4. The average Bonchev–Trinajstić information content (AvgIpc) is 3.25. The Balaban J connectivity index is 1.71. The molecule has 0 aromatic carbocycles. The van der Waals surface area contributed by atoms with Crippen molar-refractivity contribution in [3.63, 3.8) is 0 Å². The lowest BCUT2D eigenvalue weighted by Crippen LogP contribution is -2.35. The van der Waals surface area contributed by atoms with Crippen LogP contribution < -0.4 is 10.3 Å². The number of amides is 1. The molecule has 11 nitrogen and oxygen atoms in total. The third-order valence-corrected chi connectivity index (χ3v) is 5.46. The largest absolute Gasteiger partial charge is 0.394 e. The van der Waals surface area contributed by atoms with Crippen LogP contribution in [0.15, 0.2) is 17.6 Å². The first-order valence-corrected chi connectivity index (χ1v) is 10.1. The first-order chi connectivity index (χ1) is 14.5. The van der Waals surface area contributed by atoms with Gasteiger partial charge in [0.05, 0.1) is 17.6 Å². The summed E-state index contributed by atoms with van der Waals surface area (Å²) in [4.78, 5) is 21.0. The molecule has 0 saturated carbocycles. The van der Waals surface area contributed by atoms with Crippen LogP contribution in [0.4, 0.5) is 5.82 Å². The van der Waals surface area contributed by atoms with Gasteiger partial charge in [-0.1, -0.05) is 19.8 Å². The number of nitrogens with one attached hydrogen (secondary N) is 1. The number of ether oxygens (including phenoxy) is 1. The van der Waals surface area contributed by atoms with Crippen molar-refractivity contribution in [1.82, 2.24) is 19.9 Å². The van der Waals surface area contributed by atoms with E-state index in [0.29, 0.717) is 34.7 Å². The number of hydrogen-bond donors (Lipinski definition) is 4. The number of carbonyl (C=O) groups excluding carboxylic acids is 1. The predicted molar refractivity (Wildman–Crippen MR) is 108 cm³/mol. The molecule has 2 aromatic rings. The average molecular weight is 418 g/mol. The van der Waals surface area contributed by atoms with E-state index in [2.05, 4.69) is 27.3 Å². The molecule has 0 unspecified atom stereocenters. The highest BCUT2D eigenvalue weighted by molar-refractivity contribution is 6.18. The van der Waals surface area contributed by atoms with Crippen LogP contribution >= 0.6 is 0 Å². The van der Waals surface area contributed by atoms with Gasteiger partial charge in [-0.2, -0.15) is 5.10 Å². The summed E-state index contributed by atoms with van der Waals surface area (Å²) in [5.41, 5.74) is 1.06. The third kappa shape index (κ3) is 3.43. The molecule has 0 aliphatic carbocycles. The summed E-state index contributed by atoms with van der Waals surface area (Å²) in [6.07, 6.45) is 1.87. The van der Waals surface area contributed by atoms with Gasteiger partial charge < -0.3 is 29.9 Å². The molecular weight excluding hydrogens is 392 g/mol. The van der Waals surface area contributed by atoms with Crippen LogP contribution in [-0.2, 0) is 9.53 Å². The molecule has 2 aliphatic rings. The van der Waals surface area contributed by atoms with Crippen LogP contribution in [0.5, 0.6) is 0 Å². The van der Waals surface area contributed by atoms with Gasteiger partial charge in [0, 0.05) is 19.7 Å². The fourth-order valence-electron chi connectivity index (χ4n) is 3.87. The number of rotatable bonds is 6. The van der Waals surface area contributed by atoms with Crippen LogP contribution in [-0.4, -0.2) is 73.6 Å². The smallest absolute Gasteiger partial charge is 0.225 e. The first-order valence-electron chi connectivity index (χ1n) is 10.1. The third-order valence-electron chi connectivity index (χ3n) is 5.46. The molecule has 4 heterocycles. The Morgan fingerprint density at radius 1 is 1.27 bits per heavy atom. The lowest BCUT2D eigenvalue weighted by Gasteiger charge is -2.21. The Bertz CT molecular complexity index is 976. The topological polar surface area (TPSA) is 145 Å². The molecule has 0 bridgehead atoms. The van der Waals surface area contributed by atoms with E-state index < -0.39 is 31.1 Å². The summed E-state index contributed by atoms with van der Waals surface area (Å²) in [6, 6.07) is 0. The minimum atomic E-state index is -1.26. The van der Waals surface area contributed by atoms with E-state index in [0.717, 1.165) is 19.3 Å². The number of aliphatic hydroxyl groups excluding tert-OH is 3. The molecule has 4 atom stereocenters. The maximum Gasteiger partial charge on any atom is 0.225 e. The van der Waals surface area contributed by atoms with Crippen LogP contribution in [0, 0.1) is 0 Å². The molecule has 2 aromatic heterocycles. The number of hydrogen-bond acceptors (Lipinski definition) is 9. The van der Waals surface area contributed by atoms with Crippen molar-refractivity contribution in [3.8, 4) is 0 Å². The van der Waals surface area contributed by atoms with E-state index in [1.54, 1.807) is 22.8 Å². The molecule has 11 heteroatoms. The molecule has 0 radical (unpaired) electrons. The Kier molecular flexibility index (Phi) is 5.69. The van der Waals surface area contributed by atoms with Gasteiger partial charge in [0.1, 0.15) is 30.3 Å². The maximum absolute atomic E-state index is 12.4. The standard InChI is InChI=1S/C19H26N6O5/c1-3-4-5-6-12(27)22-16-10-7-25(19-15(29)14(28)11(8-26)30-19)18-13(10)17(20-9-21-18)24(2)23-16/h7,9,11,14-15,19,26,28-29H,3-6,8H2,1-2H3,(H,22,23,27)/t11-,14-,15-,19-/m1/s1. The number of amidine groups is 1. The Hall–Kier alpha value is -2.60. The second-order valence-corrected chi connectivity index (χ2v) is 7.55. The number of unbranched alkanes of at least 4 members (excludes halogenated alkanes) is 2. The van der Waals surface area contributed by atoms with E-state index in [1.807, 2.05) is 0 Å². The van der Waals surface area contributed by atoms with Crippen LogP contribution in [0.25, 0.3) is 11.0 Å². The number of aromatic nitrogens is 3. The van der Waals surface area contributed by atoms with Gasteiger partial charge in [-0.05, 0) is 6.42 Å². The van der Waals surface area contributed by atoms with Crippen molar-refractivity contribution in [3.05, 3.63) is 18.1 Å². The Morgan fingerprint density at radius 3 is 2.77 bits per heavy atom. The van der Waals surface area contributed by atoms with Crippen molar-refractivity contribution in [1.29, 1.82) is 0 Å². The molecular formula is C19H26N6O5. The molecule has 4 N–H and O–H groups in total. The summed E-state index contributed by atoms with van der Waals surface area (Å²) >= 11 is 0. The predicted octanol–water partition coefficient (Wildman–Crippen LogP) is -0.149. The highest BCUT2D eigenvalue weighted by Crippen LogP contribution is 2.37. The van der Waals surface area contributed by atoms with Crippen molar-refractivity contribution < 1.29 is 24.9 Å². The van der Waals surface area contributed by atoms with Crippen LogP contribution in [0.3, 0.4) is 0 Å². The van der Waals surface area contributed by atoms with Gasteiger partial charge in [0.15, 0.2) is 17.9 Å². The highest BCUT2D eigenvalue weighted by Gasteiger charge is 2.44. The minimum Gasteiger partial charge on any atom is -0.394 e. The van der Waals surface area contributed by atoms with Crippen molar-refractivity contribution in [2.75, 3.05) is 18.7 Å². The summed E-state index contributed by atoms with van der Waals surface area (Å²) in [6.45, 7) is 1.65. The monoisotopic (exact) mass is 418 g/mol. The number of nitrogens with zero attached hydrogens (tertiary/aromatic N) is 5. The van der Waals surface area contributed by atoms with Gasteiger partial charge in [0.25, 0.3) is 0 Å². The quantitative estimate of drug-likeness (QED) is 0.474. The van der Waals surface area contributed by atoms with Gasteiger partial charge in [-0.25, -0.2) is 15.0 Å². The van der Waals surface area contributed by atoms with E-state index >= 15 is 0 Å². The summed E-state index contributed by atoms with van der Waals surface area (Å²) in [5, 5.41) is 39.5. The second-order valence-electron chi connectivity index (χ2n) is 7.55. The lowest BCUT2D eigenvalue weighted by molar-refractivity contribution is -0.119. The molecule has 1 fully saturated rings.